The van der Waals surface area contributed by atoms with E-state index >= 15 is 0 Å². The summed E-state index contributed by atoms with van der Waals surface area (Å²) < 4.78 is 0. The zero-order valence-electron chi connectivity index (χ0n) is 26.5. The van der Waals surface area contributed by atoms with Crippen LogP contribution in [0.3, 0.4) is 0 Å². The average Bonchev–Trinajstić information content (AvgIpc) is 2.68. The molecular weight excluding hydrogens is 468 g/mol. The Morgan fingerprint density at radius 2 is 0.703 bits per heavy atom. The Balaban J connectivity index is 2.30. The molecule has 37 heavy (non-hydrogen) atoms. The number of phenolic OH excluding ortho intramolecular Hbond substituents is 2. The van der Waals surface area contributed by atoms with Crippen molar-refractivity contribution < 1.29 is 10.2 Å². The molecule has 2 nitrogen and oxygen atoms in total. The van der Waals surface area contributed by atoms with Gasteiger partial charge in [0.05, 0.1) is 0 Å². The molecule has 2 aromatic rings. The Hall–Kier alpha value is -1.74. The Morgan fingerprint density at radius 1 is 0.486 bits per heavy atom. The second kappa shape index (κ2) is 10.4. The van der Waals surface area contributed by atoms with Crippen molar-refractivity contribution in [2.24, 2.45) is 0 Å². The van der Waals surface area contributed by atoms with Crippen molar-refractivity contribution >= 4 is 8.07 Å². The van der Waals surface area contributed by atoms with Crippen LogP contribution < -0.4 is 0 Å². The number of benzene rings is 2. The monoisotopic (exact) mass is 524 g/mol. The smallest absolute Gasteiger partial charge is 0.123 e. The fourth-order valence-corrected chi connectivity index (χ4v) is 7.24. The van der Waals surface area contributed by atoms with Gasteiger partial charge in [0.25, 0.3) is 0 Å². The van der Waals surface area contributed by atoms with E-state index in [1.54, 1.807) is 0 Å². The second-order valence-electron chi connectivity index (χ2n) is 16.2. The molecule has 0 saturated carbocycles. The zero-order valence-corrected chi connectivity index (χ0v) is 27.5. The number of aromatic hydroxyl groups is 2. The van der Waals surface area contributed by atoms with E-state index in [0.29, 0.717) is 11.5 Å². The van der Waals surface area contributed by atoms with Gasteiger partial charge in [-0.1, -0.05) is 133 Å². The van der Waals surface area contributed by atoms with Crippen LogP contribution in [-0.4, -0.2) is 18.3 Å². The Labute approximate surface area is 229 Å². The highest BCUT2D eigenvalue weighted by Crippen LogP contribution is 2.42. The van der Waals surface area contributed by atoms with Gasteiger partial charge in [-0.2, -0.15) is 0 Å². The third-order valence-electron chi connectivity index (χ3n) is 7.75. The Morgan fingerprint density at radius 3 is 0.892 bits per heavy atom. The molecule has 208 valence electrons. The molecule has 2 N–H and O–H groups in total. The van der Waals surface area contributed by atoms with Gasteiger partial charge in [0.2, 0.25) is 0 Å². The number of hydrogen-bond donors (Lipinski definition) is 2. The maximum absolute atomic E-state index is 11.1. The minimum absolute atomic E-state index is 0.0958. The van der Waals surface area contributed by atoms with Gasteiger partial charge in [-0.15, -0.1) is 0 Å². The van der Waals surface area contributed by atoms with Gasteiger partial charge >= 0.3 is 0 Å². The van der Waals surface area contributed by atoms with Gasteiger partial charge in [-0.05, 0) is 67.9 Å². The van der Waals surface area contributed by atoms with E-state index in [9.17, 15) is 10.2 Å². The fourth-order valence-electron chi connectivity index (χ4n) is 5.05. The molecule has 0 spiro atoms. The summed E-state index contributed by atoms with van der Waals surface area (Å²) in [5.41, 5.74) is 6.55. The largest absolute Gasteiger partial charge is 0.507 e. The van der Waals surface area contributed by atoms with E-state index in [2.05, 4.69) is 120 Å². The van der Waals surface area contributed by atoms with Gasteiger partial charge < -0.3 is 10.2 Å². The maximum atomic E-state index is 11.1. The van der Waals surface area contributed by atoms with Crippen molar-refractivity contribution in [3.63, 3.8) is 0 Å². The minimum Gasteiger partial charge on any atom is -0.507 e. The molecule has 2 aromatic carbocycles. The van der Waals surface area contributed by atoms with Crippen molar-refractivity contribution in [1.29, 1.82) is 0 Å². The molecule has 0 atom stereocenters. The summed E-state index contributed by atoms with van der Waals surface area (Å²) in [4.78, 5) is 0. The van der Waals surface area contributed by atoms with Crippen LogP contribution >= 0.6 is 0 Å². The molecule has 3 heteroatoms. The first-order valence-corrected chi connectivity index (χ1v) is 17.6. The Bertz CT molecular complexity index is 939. The van der Waals surface area contributed by atoms with E-state index < -0.39 is 8.07 Å². The van der Waals surface area contributed by atoms with E-state index in [0.717, 1.165) is 35.1 Å². The summed E-state index contributed by atoms with van der Waals surface area (Å²) in [6.45, 7) is 31.3. The number of aryl methyl sites for hydroxylation is 2. The van der Waals surface area contributed by atoms with Crippen LogP contribution in [0.1, 0.15) is 116 Å². The van der Waals surface area contributed by atoms with Gasteiger partial charge in [-0.3, -0.25) is 0 Å². The second-order valence-corrected chi connectivity index (χ2v) is 21.6. The first kappa shape index (κ1) is 31.5. The molecule has 2 rings (SSSR count). The highest BCUT2D eigenvalue weighted by molar-refractivity contribution is 6.77. The summed E-state index contributed by atoms with van der Waals surface area (Å²) >= 11 is 0. The van der Waals surface area contributed by atoms with E-state index in [1.807, 2.05) is 0 Å². The van der Waals surface area contributed by atoms with Crippen molar-refractivity contribution in [3.05, 3.63) is 57.6 Å². The molecule has 0 heterocycles. The predicted molar refractivity (Wildman–Crippen MR) is 166 cm³/mol. The summed E-state index contributed by atoms with van der Waals surface area (Å²) in [5, 5.41) is 22.2. The first-order valence-electron chi connectivity index (χ1n) is 14.2. The fraction of sp³-hybridized carbons (Fsp3) is 0.647. The van der Waals surface area contributed by atoms with Crippen LogP contribution in [-0.2, 0) is 34.5 Å². The van der Waals surface area contributed by atoms with Crippen LogP contribution in [0.2, 0.25) is 25.2 Å². The zero-order chi connectivity index (χ0) is 28.8. The molecule has 0 aliphatic rings. The van der Waals surface area contributed by atoms with Gasteiger partial charge in [0.1, 0.15) is 11.5 Å². The summed E-state index contributed by atoms with van der Waals surface area (Å²) in [7, 11) is -1.47. The molecule has 0 fully saturated rings. The van der Waals surface area contributed by atoms with Crippen LogP contribution in [0, 0.1) is 0 Å². The third-order valence-corrected chi connectivity index (χ3v) is 11.0. The summed E-state index contributed by atoms with van der Waals surface area (Å²) in [6, 6.07) is 11.4. The topological polar surface area (TPSA) is 40.5 Å². The quantitative estimate of drug-likeness (QED) is 0.369. The highest BCUT2D eigenvalue weighted by atomic mass is 28.3. The number of rotatable bonds is 6. The van der Waals surface area contributed by atoms with Crippen LogP contribution in [0.5, 0.6) is 11.5 Å². The lowest BCUT2D eigenvalue weighted by atomic mass is 9.78. The van der Waals surface area contributed by atoms with E-state index in [4.69, 9.17) is 0 Å². The van der Waals surface area contributed by atoms with Gasteiger partial charge in [0, 0.05) is 8.07 Å². The van der Waals surface area contributed by atoms with Crippen molar-refractivity contribution in [1.82, 2.24) is 0 Å². The van der Waals surface area contributed by atoms with Gasteiger partial charge in [-0.25, -0.2) is 0 Å². The number of phenols is 2. The van der Waals surface area contributed by atoms with Crippen LogP contribution in [0.15, 0.2) is 24.3 Å². The van der Waals surface area contributed by atoms with Crippen molar-refractivity contribution in [2.45, 2.75) is 143 Å². The normalized spacial score (nSPS) is 13.8. The molecule has 0 saturated heterocycles. The van der Waals surface area contributed by atoms with Crippen LogP contribution in [0.25, 0.3) is 0 Å². The minimum atomic E-state index is -1.47. The molecule has 0 aliphatic carbocycles. The third kappa shape index (κ3) is 8.12. The highest BCUT2D eigenvalue weighted by Gasteiger charge is 2.29. The molecule has 0 aromatic heterocycles. The molecule has 0 radical (unpaired) electrons. The standard InChI is InChI=1S/C34H56O2Si/c1-31(2,3)25-19-23(20-26(29(25)35)32(4,5)6)15-17-37(13,14)18-16-24-21-27(33(7,8)9)30(36)28(22-24)34(10,11)12/h19-22,35-36H,15-18H2,1-14H3. The SMILES string of the molecule is CC(C)(C)c1cc(CC[Si](C)(C)CCc2cc(C(C)(C)C)c(O)c(C(C)(C)C)c2)cc(C(C)(C)C)c1O. The van der Waals surface area contributed by atoms with E-state index in [-0.39, 0.29) is 21.7 Å². The molecule has 0 amide bonds. The predicted octanol–water partition coefficient (Wildman–Crippen LogP) is 9.78. The molecule has 0 aliphatic heterocycles. The summed E-state index contributed by atoms with van der Waals surface area (Å²) in [5.74, 6) is 0.939. The van der Waals surface area contributed by atoms with E-state index in [1.165, 1.54) is 23.2 Å². The lowest BCUT2D eigenvalue weighted by Gasteiger charge is -2.30. The maximum Gasteiger partial charge on any atom is 0.123 e. The lowest BCUT2D eigenvalue weighted by Crippen LogP contribution is -2.27. The van der Waals surface area contributed by atoms with Crippen LogP contribution in [0.4, 0.5) is 0 Å². The molecule has 0 unspecified atom stereocenters. The van der Waals surface area contributed by atoms with Crippen molar-refractivity contribution in [3.8, 4) is 11.5 Å². The number of hydrogen-bond acceptors (Lipinski definition) is 2. The lowest BCUT2D eigenvalue weighted by molar-refractivity contribution is 0.422. The van der Waals surface area contributed by atoms with Gasteiger partial charge in [0.15, 0.2) is 0 Å². The Kier molecular flexibility index (Phi) is 8.88. The first-order chi connectivity index (χ1) is 16.4. The summed E-state index contributed by atoms with van der Waals surface area (Å²) in [6.07, 6.45) is 2.11. The molecule has 0 bridgehead atoms. The average molecular weight is 525 g/mol. The van der Waals surface area contributed by atoms with Crippen molar-refractivity contribution in [2.75, 3.05) is 0 Å². The molecular formula is C34H56O2Si.